The summed E-state index contributed by atoms with van der Waals surface area (Å²) in [5, 5.41) is 0.662. The third kappa shape index (κ3) is 5.38. The van der Waals surface area contributed by atoms with Crippen LogP contribution in [0.15, 0.2) is 48.5 Å². The first-order valence-electron chi connectivity index (χ1n) is 12.6. The maximum atomic E-state index is 13.9. The van der Waals surface area contributed by atoms with E-state index in [9.17, 15) is 9.59 Å². The van der Waals surface area contributed by atoms with Crippen molar-refractivity contribution in [2.45, 2.75) is 19.8 Å². The largest absolute Gasteiger partial charge is 0.492 e. The third-order valence-electron chi connectivity index (χ3n) is 6.67. The number of morpholine rings is 1. The first-order chi connectivity index (χ1) is 17.6. The normalized spacial score (nSPS) is 18.6. The Morgan fingerprint density at radius 3 is 2.75 bits per heavy atom. The standard InChI is InChI=1S/C27H32N4O4S/c1-2-35-22-10-6-11-23-25(22)28-27(36-23)30(13-7-12-29-14-16-34-17-15-29)26(33)20-18-24(32)31(19-20)21-8-4-3-5-9-21/h3-6,8-11,20H,2,7,12-19H2,1H3. The van der Waals surface area contributed by atoms with Gasteiger partial charge in [-0.3, -0.25) is 19.4 Å². The second-order valence-electron chi connectivity index (χ2n) is 9.07. The van der Waals surface area contributed by atoms with Gasteiger partial charge in [0.1, 0.15) is 11.3 Å². The summed E-state index contributed by atoms with van der Waals surface area (Å²) >= 11 is 1.50. The molecular weight excluding hydrogens is 476 g/mol. The summed E-state index contributed by atoms with van der Waals surface area (Å²) in [6, 6.07) is 15.4. The average Bonchev–Trinajstić information content (AvgIpc) is 3.52. The lowest BCUT2D eigenvalue weighted by atomic mass is 10.1. The molecule has 36 heavy (non-hydrogen) atoms. The van der Waals surface area contributed by atoms with Gasteiger partial charge in [0.25, 0.3) is 0 Å². The van der Waals surface area contributed by atoms with Gasteiger partial charge in [-0.05, 0) is 37.6 Å². The van der Waals surface area contributed by atoms with Gasteiger partial charge in [-0.2, -0.15) is 0 Å². The summed E-state index contributed by atoms with van der Waals surface area (Å²) < 4.78 is 12.2. The molecule has 2 aliphatic rings. The zero-order valence-electron chi connectivity index (χ0n) is 20.6. The van der Waals surface area contributed by atoms with Crippen molar-refractivity contribution in [1.82, 2.24) is 9.88 Å². The SMILES string of the molecule is CCOc1cccc2sc(N(CCCN3CCOCC3)C(=O)C3CC(=O)N(c4ccccc4)C3)nc12. The molecule has 5 rings (SSSR count). The highest BCUT2D eigenvalue weighted by Crippen LogP contribution is 2.36. The van der Waals surface area contributed by atoms with E-state index in [0.29, 0.717) is 24.8 Å². The molecule has 0 N–H and O–H groups in total. The fraction of sp³-hybridized carbons (Fsp3) is 0.444. The van der Waals surface area contributed by atoms with Crippen LogP contribution in [-0.2, 0) is 14.3 Å². The fourth-order valence-corrected chi connectivity index (χ4v) is 5.84. The number of benzene rings is 2. The molecule has 2 saturated heterocycles. The number of amides is 2. The van der Waals surface area contributed by atoms with Crippen LogP contribution in [0.5, 0.6) is 5.75 Å². The molecule has 8 nitrogen and oxygen atoms in total. The second kappa shape index (κ2) is 11.4. The number of fused-ring (bicyclic) bond motifs is 1. The Morgan fingerprint density at radius 2 is 1.97 bits per heavy atom. The Bertz CT molecular complexity index is 1190. The maximum absolute atomic E-state index is 13.9. The van der Waals surface area contributed by atoms with E-state index in [1.165, 1.54) is 11.3 Å². The van der Waals surface area contributed by atoms with E-state index in [1.54, 1.807) is 9.80 Å². The molecule has 3 aromatic rings. The van der Waals surface area contributed by atoms with Gasteiger partial charge in [0.05, 0.1) is 30.4 Å². The number of hydrogen-bond donors (Lipinski definition) is 0. The molecule has 1 aromatic heterocycles. The van der Waals surface area contributed by atoms with E-state index >= 15 is 0 Å². The summed E-state index contributed by atoms with van der Waals surface area (Å²) in [7, 11) is 0. The fourth-order valence-electron chi connectivity index (χ4n) is 4.83. The van der Waals surface area contributed by atoms with Crippen molar-refractivity contribution < 1.29 is 19.1 Å². The number of thiazole rings is 1. The van der Waals surface area contributed by atoms with E-state index in [0.717, 1.165) is 60.9 Å². The molecule has 0 spiro atoms. The number of nitrogens with zero attached hydrogens (tertiary/aromatic N) is 4. The zero-order valence-corrected chi connectivity index (χ0v) is 21.4. The van der Waals surface area contributed by atoms with Gasteiger partial charge in [-0.25, -0.2) is 4.98 Å². The number of aromatic nitrogens is 1. The Kier molecular flexibility index (Phi) is 7.79. The van der Waals surface area contributed by atoms with Gasteiger partial charge in [-0.1, -0.05) is 35.6 Å². The van der Waals surface area contributed by atoms with Crippen molar-refractivity contribution in [3.63, 3.8) is 0 Å². The maximum Gasteiger partial charge on any atom is 0.234 e. The van der Waals surface area contributed by atoms with Gasteiger partial charge >= 0.3 is 0 Å². The first-order valence-corrected chi connectivity index (χ1v) is 13.4. The average molecular weight is 509 g/mol. The lowest BCUT2D eigenvalue weighted by Gasteiger charge is -2.28. The number of ether oxygens (including phenoxy) is 2. The van der Waals surface area contributed by atoms with Gasteiger partial charge in [-0.15, -0.1) is 0 Å². The minimum Gasteiger partial charge on any atom is -0.492 e. The Balaban J connectivity index is 1.37. The number of carbonyl (C=O) groups excluding carboxylic acids is 2. The lowest BCUT2D eigenvalue weighted by molar-refractivity contribution is -0.124. The zero-order chi connectivity index (χ0) is 24.9. The molecule has 190 valence electrons. The molecule has 0 radical (unpaired) electrons. The highest BCUT2D eigenvalue weighted by molar-refractivity contribution is 7.22. The molecule has 1 unspecified atom stereocenters. The molecule has 2 aliphatic heterocycles. The summed E-state index contributed by atoms with van der Waals surface area (Å²) in [4.78, 5) is 37.5. The third-order valence-corrected chi connectivity index (χ3v) is 7.71. The predicted molar refractivity (Wildman–Crippen MR) is 142 cm³/mol. The molecule has 2 fully saturated rings. The number of rotatable bonds is 9. The van der Waals surface area contributed by atoms with Crippen LogP contribution in [0.3, 0.4) is 0 Å². The number of carbonyl (C=O) groups is 2. The first kappa shape index (κ1) is 24.7. The van der Waals surface area contributed by atoms with Crippen LogP contribution in [0.25, 0.3) is 10.2 Å². The topological polar surface area (TPSA) is 75.2 Å². The van der Waals surface area contributed by atoms with Crippen LogP contribution in [0.2, 0.25) is 0 Å². The summed E-state index contributed by atoms with van der Waals surface area (Å²) in [5.41, 5.74) is 1.61. The minimum absolute atomic E-state index is 0.0178. The highest BCUT2D eigenvalue weighted by Gasteiger charge is 2.38. The van der Waals surface area contributed by atoms with Crippen molar-refractivity contribution in [3.8, 4) is 5.75 Å². The van der Waals surface area contributed by atoms with E-state index < -0.39 is 5.92 Å². The van der Waals surface area contributed by atoms with Crippen LogP contribution in [-0.4, -0.2) is 74.2 Å². The van der Waals surface area contributed by atoms with Gasteiger partial charge in [0.15, 0.2) is 5.13 Å². The van der Waals surface area contributed by atoms with E-state index in [1.807, 2.05) is 55.5 Å². The van der Waals surface area contributed by atoms with Crippen LogP contribution in [0.4, 0.5) is 10.8 Å². The summed E-state index contributed by atoms with van der Waals surface area (Å²) in [6.45, 7) is 7.65. The van der Waals surface area contributed by atoms with Crippen molar-refractivity contribution >= 4 is 44.2 Å². The summed E-state index contributed by atoms with van der Waals surface area (Å²) in [5.74, 6) is 0.264. The van der Waals surface area contributed by atoms with Crippen molar-refractivity contribution in [1.29, 1.82) is 0 Å². The molecule has 9 heteroatoms. The summed E-state index contributed by atoms with van der Waals surface area (Å²) in [6.07, 6.45) is 1.03. The number of anilines is 2. The smallest absolute Gasteiger partial charge is 0.234 e. The molecule has 3 heterocycles. The highest BCUT2D eigenvalue weighted by atomic mass is 32.1. The Hall–Kier alpha value is -3.01. The molecule has 2 amide bonds. The van der Waals surface area contributed by atoms with E-state index in [-0.39, 0.29) is 18.2 Å². The second-order valence-corrected chi connectivity index (χ2v) is 10.1. The van der Waals surface area contributed by atoms with Crippen molar-refractivity contribution in [3.05, 3.63) is 48.5 Å². The molecular formula is C27H32N4O4S. The van der Waals surface area contributed by atoms with Crippen LogP contribution in [0, 0.1) is 5.92 Å². The van der Waals surface area contributed by atoms with E-state index in [4.69, 9.17) is 14.5 Å². The Labute approximate surface area is 215 Å². The quantitative estimate of drug-likeness (QED) is 0.438. The molecule has 1 atom stereocenters. The molecule has 0 aliphatic carbocycles. The van der Waals surface area contributed by atoms with Crippen LogP contribution >= 0.6 is 11.3 Å². The molecule has 0 saturated carbocycles. The van der Waals surface area contributed by atoms with Crippen LogP contribution < -0.4 is 14.5 Å². The van der Waals surface area contributed by atoms with Gasteiger partial charge < -0.3 is 14.4 Å². The number of hydrogen-bond acceptors (Lipinski definition) is 7. The molecule has 0 bridgehead atoms. The van der Waals surface area contributed by atoms with Gasteiger partial charge in [0, 0.05) is 44.8 Å². The van der Waals surface area contributed by atoms with Gasteiger partial charge in [0.2, 0.25) is 11.8 Å². The van der Waals surface area contributed by atoms with Crippen LogP contribution in [0.1, 0.15) is 19.8 Å². The number of para-hydroxylation sites is 2. The minimum atomic E-state index is -0.403. The predicted octanol–water partition coefficient (Wildman–Crippen LogP) is 3.80. The Morgan fingerprint density at radius 1 is 1.17 bits per heavy atom. The lowest BCUT2D eigenvalue weighted by Crippen LogP contribution is -2.41. The van der Waals surface area contributed by atoms with E-state index in [2.05, 4.69) is 4.90 Å². The van der Waals surface area contributed by atoms with Crippen molar-refractivity contribution in [2.75, 3.05) is 62.3 Å². The van der Waals surface area contributed by atoms with Crippen molar-refractivity contribution in [2.24, 2.45) is 5.92 Å². The molecule has 2 aromatic carbocycles. The monoisotopic (exact) mass is 508 g/mol.